The minimum Gasteiger partial charge on any atom is -0.487 e. The van der Waals surface area contributed by atoms with Crippen molar-refractivity contribution in [2.45, 2.75) is 78.6 Å². The van der Waals surface area contributed by atoms with E-state index < -0.39 is 17.2 Å². The molecule has 1 unspecified atom stereocenters. The van der Waals surface area contributed by atoms with E-state index in [1.54, 1.807) is 20.0 Å². The summed E-state index contributed by atoms with van der Waals surface area (Å²) in [5, 5.41) is 6.98. The summed E-state index contributed by atoms with van der Waals surface area (Å²) in [6, 6.07) is 22.3. The number of carbonyl (C=O) groups excluding carboxylic acids is 1. The minimum atomic E-state index is -0.906. The first-order valence-electron chi connectivity index (χ1n) is 13.9. The highest BCUT2D eigenvalue weighted by Gasteiger charge is 2.34. The average molecular weight is 557 g/mol. The molecule has 2 aromatic carbocycles. The van der Waals surface area contributed by atoms with Crippen molar-refractivity contribution in [3.05, 3.63) is 95.6 Å². The predicted molar refractivity (Wildman–Crippen MR) is 158 cm³/mol. The van der Waals surface area contributed by atoms with Crippen LogP contribution in [0, 0.1) is 5.92 Å². The second kappa shape index (κ2) is 11.7. The van der Waals surface area contributed by atoms with E-state index >= 15 is 0 Å². The van der Waals surface area contributed by atoms with Gasteiger partial charge in [0.2, 0.25) is 5.82 Å². The summed E-state index contributed by atoms with van der Waals surface area (Å²) in [5.41, 5.74) is 2.33. The lowest BCUT2D eigenvalue weighted by atomic mass is 9.68. The van der Waals surface area contributed by atoms with Gasteiger partial charge in [-0.25, -0.2) is 4.79 Å². The van der Waals surface area contributed by atoms with Crippen LogP contribution in [0.2, 0.25) is 0 Å². The van der Waals surface area contributed by atoms with E-state index in [1.165, 1.54) is 11.1 Å². The van der Waals surface area contributed by atoms with Crippen LogP contribution in [-0.4, -0.2) is 26.8 Å². The van der Waals surface area contributed by atoms with Gasteiger partial charge in [-0.05, 0) is 75.9 Å². The zero-order valence-corrected chi connectivity index (χ0v) is 25.2. The fraction of sp³-hybridized carbons (Fsp3) is 0.394. The quantitative estimate of drug-likeness (QED) is 0.229. The Morgan fingerprint density at radius 3 is 2.10 bits per heavy atom. The van der Waals surface area contributed by atoms with Crippen molar-refractivity contribution in [3.8, 4) is 17.1 Å². The Morgan fingerprint density at radius 2 is 1.54 bits per heavy atom. The number of pyridine rings is 1. The Labute approximate surface area is 242 Å². The molecule has 41 heavy (non-hydrogen) atoms. The van der Waals surface area contributed by atoms with E-state index in [-0.39, 0.29) is 5.41 Å². The number of ether oxygens (including phenoxy) is 2. The molecule has 0 fully saturated rings. The first-order chi connectivity index (χ1) is 19.3. The third-order valence-corrected chi connectivity index (χ3v) is 7.24. The molecule has 4 rings (SSSR count). The summed E-state index contributed by atoms with van der Waals surface area (Å²) in [7, 11) is 0. The van der Waals surface area contributed by atoms with Crippen LogP contribution in [0.1, 0.15) is 78.1 Å². The van der Waals surface area contributed by atoms with Gasteiger partial charge in [0.15, 0.2) is 0 Å². The number of carbonyl (C=O) groups is 1. The van der Waals surface area contributed by atoms with Crippen LogP contribution in [0.4, 0.5) is 4.79 Å². The normalized spacial score (nSPS) is 13.5. The van der Waals surface area contributed by atoms with Gasteiger partial charge >= 0.3 is 6.09 Å². The van der Waals surface area contributed by atoms with E-state index in [9.17, 15) is 4.79 Å². The molecule has 2 aromatic heterocycles. The van der Waals surface area contributed by atoms with Crippen molar-refractivity contribution in [2.75, 3.05) is 0 Å². The van der Waals surface area contributed by atoms with E-state index in [4.69, 9.17) is 14.0 Å². The lowest BCUT2D eigenvalue weighted by molar-refractivity contribution is 0.0452. The number of benzene rings is 2. The third kappa shape index (κ3) is 7.12. The second-order valence-electron chi connectivity index (χ2n) is 12.2. The average Bonchev–Trinajstić information content (AvgIpc) is 3.43. The smallest absolute Gasteiger partial charge is 0.408 e. The monoisotopic (exact) mass is 556 g/mol. The summed E-state index contributed by atoms with van der Waals surface area (Å²) in [6.45, 7) is 16.2. The molecule has 0 saturated heterocycles. The number of hydrogen-bond acceptors (Lipinski definition) is 7. The van der Waals surface area contributed by atoms with Crippen molar-refractivity contribution in [1.82, 2.24) is 20.4 Å². The van der Waals surface area contributed by atoms with Crippen LogP contribution < -0.4 is 10.1 Å². The molecule has 4 aromatic rings. The van der Waals surface area contributed by atoms with Gasteiger partial charge in [0.05, 0.1) is 5.69 Å². The van der Waals surface area contributed by atoms with E-state index in [2.05, 4.69) is 65.5 Å². The van der Waals surface area contributed by atoms with Crippen molar-refractivity contribution < 1.29 is 18.8 Å². The van der Waals surface area contributed by atoms with Crippen LogP contribution in [-0.2, 0) is 22.3 Å². The van der Waals surface area contributed by atoms with Crippen LogP contribution in [0.15, 0.2) is 77.4 Å². The van der Waals surface area contributed by atoms with E-state index in [1.807, 2.05) is 63.2 Å². The first kappa shape index (κ1) is 29.8. The number of alkyl carbamates (subject to hydrolysis) is 1. The number of rotatable bonds is 9. The van der Waals surface area contributed by atoms with Crippen molar-refractivity contribution >= 4 is 6.09 Å². The molecule has 0 bridgehead atoms. The SMILES string of the molecule is CC(C)C(C)(c1ccc(OCc2ccccn2)cc1)c1ccc(-c2noc(C(C)(C)NC(=O)OC(C)(C)C)n2)cc1. The summed E-state index contributed by atoms with van der Waals surface area (Å²) in [4.78, 5) is 21.2. The van der Waals surface area contributed by atoms with Crippen molar-refractivity contribution in [2.24, 2.45) is 5.92 Å². The molecule has 0 spiro atoms. The Kier molecular flexibility index (Phi) is 8.52. The molecule has 2 heterocycles. The van der Waals surface area contributed by atoms with Gasteiger partial charge in [0.1, 0.15) is 23.5 Å². The molecule has 8 heteroatoms. The Morgan fingerprint density at radius 1 is 0.902 bits per heavy atom. The fourth-order valence-corrected chi connectivity index (χ4v) is 4.54. The molecule has 0 aliphatic heterocycles. The molecule has 1 N–H and O–H groups in total. The molecule has 0 saturated carbocycles. The van der Waals surface area contributed by atoms with Gasteiger partial charge in [-0.1, -0.05) is 68.4 Å². The standard InChI is InChI=1S/C33H40N4O4/c1-22(2)33(8,25-16-18-27(19-17-25)39-21-26-11-9-10-20-34-26)24-14-12-23(13-15-24)28-35-29(41-37-28)32(6,7)36-30(38)40-31(3,4)5/h9-20,22H,21H2,1-8H3,(H,36,38). The van der Waals surface area contributed by atoms with Crippen LogP contribution in [0.3, 0.4) is 0 Å². The molecule has 216 valence electrons. The van der Waals surface area contributed by atoms with Crippen LogP contribution in [0.5, 0.6) is 5.75 Å². The van der Waals surface area contributed by atoms with Gasteiger partial charge in [-0.15, -0.1) is 0 Å². The maximum Gasteiger partial charge on any atom is 0.408 e. The van der Waals surface area contributed by atoms with Crippen LogP contribution >= 0.6 is 0 Å². The number of hydrogen-bond donors (Lipinski definition) is 1. The molecular weight excluding hydrogens is 516 g/mol. The maximum atomic E-state index is 12.3. The lowest BCUT2D eigenvalue weighted by Crippen LogP contribution is -2.44. The number of nitrogens with one attached hydrogen (secondary N) is 1. The van der Waals surface area contributed by atoms with E-state index in [0.29, 0.717) is 24.2 Å². The molecule has 8 nitrogen and oxygen atoms in total. The van der Waals surface area contributed by atoms with Gasteiger partial charge in [0, 0.05) is 17.2 Å². The summed E-state index contributed by atoms with van der Waals surface area (Å²) < 4.78 is 16.9. The highest BCUT2D eigenvalue weighted by Crippen LogP contribution is 2.40. The zero-order chi connectivity index (χ0) is 29.8. The van der Waals surface area contributed by atoms with Gasteiger partial charge < -0.3 is 19.3 Å². The fourth-order valence-electron chi connectivity index (χ4n) is 4.54. The summed E-state index contributed by atoms with van der Waals surface area (Å²) in [5.74, 6) is 1.87. The Hall–Kier alpha value is -4.20. The Bertz CT molecular complexity index is 1440. The third-order valence-electron chi connectivity index (χ3n) is 7.24. The minimum absolute atomic E-state index is 0.236. The lowest BCUT2D eigenvalue weighted by Gasteiger charge is -2.35. The molecule has 1 amide bonds. The van der Waals surface area contributed by atoms with Crippen molar-refractivity contribution in [3.63, 3.8) is 0 Å². The summed E-state index contributed by atoms with van der Waals surface area (Å²) in [6.07, 6.45) is 1.22. The molecule has 1 atom stereocenters. The van der Waals surface area contributed by atoms with Crippen molar-refractivity contribution in [1.29, 1.82) is 0 Å². The van der Waals surface area contributed by atoms with E-state index in [0.717, 1.165) is 17.0 Å². The second-order valence-corrected chi connectivity index (χ2v) is 12.2. The molecule has 0 radical (unpaired) electrons. The van der Waals surface area contributed by atoms with Gasteiger partial charge in [-0.2, -0.15) is 4.98 Å². The van der Waals surface area contributed by atoms with Crippen LogP contribution in [0.25, 0.3) is 11.4 Å². The van der Waals surface area contributed by atoms with Gasteiger partial charge in [0.25, 0.3) is 5.89 Å². The summed E-state index contributed by atoms with van der Waals surface area (Å²) >= 11 is 0. The highest BCUT2D eigenvalue weighted by molar-refractivity contribution is 5.68. The number of aromatic nitrogens is 3. The molecule has 0 aliphatic rings. The first-order valence-corrected chi connectivity index (χ1v) is 13.9. The maximum absolute atomic E-state index is 12.3. The zero-order valence-electron chi connectivity index (χ0n) is 25.2. The number of nitrogens with zero attached hydrogens (tertiary/aromatic N) is 3. The molecular formula is C33H40N4O4. The topological polar surface area (TPSA) is 99.4 Å². The Balaban J connectivity index is 1.49. The number of amides is 1. The molecule has 0 aliphatic carbocycles. The largest absolute Gasteiger partial charge is 0.487 e. The predicted octanol–water partition coefficient (Wildman–Crippen LogP) is 7.43. The highest BCUT2D eigenvalue weighted by atomic mass is 16.6. The van der Waals surface area contributed by atoms with Gasteiger partial charge in [-0.3, -0.25) is 4.98 Å².